The second-order valence-corrected chi connectivity index (χ2v) is 7.90. The number of amides is 1. The maximum absolute atomic E-state index is 12.7. The highest BCUT2D eigenvalue weighted by atomic mass is 79.9. The Bertz CT molecular complexity index is 978. The standard InChI is InChI=1S/C16H10BrN5OS2/c17-11-3-1-9(2-4-11)13-10(8-20-21-13)7-12-14(23)22(15(18)25-12)16-19-5-6-24-16/h1-8,18H,(H,20,21)/b12-7-,18-15?. The SMILES string of the molecule is N=C1S/C(=C\c2cn[nH]c2-c2ccc(Br)cc2)C(=O)N1c1nccs1. The molecule has 1 amide bonds. The van der Waals surface area contributed by atoms with Crippen LogP contribution in [0.15, 0.2) is 51.4 Å². The Balaban J connectivity index is 1.69. The number of thioether (sulfide) groups is 1. The molecule has 2 N–H and O–H groups in total. The number of halogens is 1. The fourth-order valence-corrected chi connectivity index (χ4v) is 4.18. The highest BCUT2D eigenvalue weighted by Crippen LogP contribution is 2.37. The number of nitrogens with zero attached hydrogens (tertiary/aromatic N) is 3. The summed E-state index contributed by atoms with van der Waals surface area (Å²) in [5, 5.41) is 17.6. The number of thiazole rings is 1. The van der Waals surface area contributed by atoms with Crippen molar-refractivity contribution in [3.05, 3.63) is 57.0 Å². The molecular formula is C16H10BrN5OS2. The van der Waals surface area contributed by atoms with Gasteiger partial charge in [0.2, 0.25) is 0 Å². The molecule has 3 heterocycles. The number of hydrogen-bond acceptors (Lipinski definition) is 6. The van der Waals surface area contributed by atoms with E-state index in [0.717, 1.165) is 33.1 Å². The highest BCUT2D eigenvalue weighted by Gasteiger charge is 2.35. The van der Waals surface area contributed by atoms with Crippen LogP contribution in [0.5, 0.6) is 0 Å². The summed E-state index contributed by atoms with van der Waals surface area (Å²) in [5.41, 5.74) is 2.59. The molecule has 0 unspecified atom stereocenters. The average Bonchev–Trinajstić information content (AvgIpc) is 3.31. The second-order valence-electron chi connectivity index (χ2n) is 5.08. The molecule has 0 aliphatic carbocycles. The normalized spacial score (nSPS) is 16.2. The van der Waals surface area contributed by atoms with Gasteiger partial charge in [0.05, 0.1) is 16.8 Å². The summed E-state index contributed by atoms with van der Waals surface area (Å²) in [5.74, 6) is -0.243. The van der Waals surface area contributed by atoms with E-state index < -0.39 is 0 Å². The van der Waals surface area contributed by atoms with Crippen molar-refractivity contribution in [2.45, 2.75) is 0 Å². The third kappa shape index (κ3) is 3.06. The van der Waals surface area contributed by atoms with Gasteiger partial charge in [-0.15, -0.1) is 11.3 Å². The van der Waals surface area contributed by atoms with Gasteiger partial charge in [-0.05, 0) is 30.0 Å². The molecule has 25 heavy (non-hydrogen) atoms. The van der Waals surface area contributed by atoms with Gasteiger partial charge in [-0.3, -0.25) is 15.3 Å². The van der Waals surface area contributed by atoms with Crippen LogP contribution in [0, 0.1) is 5.41 Å². The highest BCUT2D eigenvalue weighted by molar-refractivity contribution is 9.10. The van der Waals surface area contributed by atoms with Crippen molar-refractivity contribution in [1.82, 2.24) is 15.2 Å². The molecule has 2 aromatic heterocycles. The Morgan fingerprint density at radius 3 is 2.80 bits per heavy atom. The van der Waals surface area contributed by atoms with E-state index in [4.69, 9.17) is 5.41 Å². The Kier molecular flexibility index (Phi) is 4.28. The predicted molar refractivity (Wildman–Crippen MR) is 105 cm³/mol. The van der Waals surface area contributed by atoms with Crippen LogP contribution in [-0.4, -0.2) is 26.3 Å². The number of carbonyl (C=O) groups is 1. The van der Waals surface area contributed by atoms with Gasteiger partial charge in [0.15, 0.2) is 10.3 Å². The molecule has 6 nitrogen and oxygen atoms in total. The molecule has 0 atom stereocenters. The molecule has 1 aliphatic rings. The van der Waals surface area contributed by atoms with Crippen molar-refractivity contribution in [2.24, 2.45) is 0 Å². The molecule has 124 valence electrons. The Morgan fingerprint density at radius 1 is 1.28 bits per heavy atom. The van der Waals surface area contributed by atoms with Crippen LogP contribution in [-0.2, 0) is 4.79 Å². The van der Waals surface area contributed by atoms with Crippen molar-refractivity contribution in [2.75, 3.05) is 4.90 Å². The largest absolute Gasteiger partial charge is 0.278 e. The van der Waals surface area contributed by atoms with Gasteiger partial charge >= 0.3 is 0 Å². The fourth-order valence-electron chi connectivity index (χ4n) is 2.38. The Morgan fingerprint density at radius 2 is 2.08 bits per heavy atom. The molecule has 0 radical (unpaired) electrons. The van der Waals surface area contributed by atoms with E-state index in [0.29, 0.717) is 10.0 Å². The summed E-state index contributed by atoms with van der Waals surface area (Å²) in [6.07, 6.45) is 5.05. The molecule has 1 aliphatic heterocycles. The van der Waals surface area contributed by atoms with Crippen LogP contribution in [0.4, 0.5) is 5.13 Å². The molecule has 4 rings (SSSR count). The van der Waals surface area contributed by atoms with Crippen molar-refractivity contribution in [3.63, 3.8) is 0 Å². The van der Waals surface area contributed by atoms with Gasteiger partial charge < -0.3 is 0 Å². The molecule has 1 saturated heterocycles. The van der Waals surface area contributed by atoms with Crippen molar-refractivity contribution in [1.29, 1.82) is 5.41 Å². The number of nitrogens with one attached hydrogen (secondary N) is 2. The van der Waals surface area contributed by atoms with E-state index in [-0.39, 0.29) is 11.1 Å². The number of carbonyl (C=O) groups excluding carboxylic acids is 1. The van der Waals surface area contributed by atoms with E-state index in [1.54, 1.807) is 23.8 Å². The van der Waals surface area contributed by atoms with Crippen molar-refractivity contribution < 1.29 is 4.79 Å². The summed E-state index contributed by atoms with van der Waals surface area (Å²) in [6.45, 7) is 0. The fraction of sp³-hybridized carbons (Fsp3) is 0. The number of amidine groups is 1. The molecule has 9 heteroatoms. The van der Waals surface area contributed by atoms with Gasteiger partial charge in [-0.2, -0.15) is 5.10 Å². The number of benzene rings is 1. The van der Waals surface area contributed by atoms with E-state index >= 15 is 0 Å². The predicted octanol–water partition coefficient (Wildman–Crippen LogP) is 4.35. The lowest BCUT2D eigenvalue weighted by molar-refractivity contribution is -0.113. The molecule has 1 fully saturated rings. The lowest BCUT2D eigenvalue weighted by Gasteiger charge is -2.08. The van der Waals surface area contributed by atoms with Gasteiger partial charge in [0.25, 0.3) is 5.91 Å². The number of anilines is 1. The van der Waals surface area contributed by atoms with Crippen molar-refractivity contribution >= 4 is 61.3 Å². The van der Waals surface area contributed by atoms with Crippen LogP contribution in [0.25, 0.3) is 17.3 Å². The maximum Gasteiger partial charge on any atom is 0.273 e. The summed E-state index contributed by atoms with van der Waals surface area (Å²) >= 11 is 5.87. The minimum atomic E-state index is -0.243. The molecule has 0 saturated carbocycles. The maximum atomic E-state index is 12.7. The first-order valence-electron chi connectivity index (χ1n) is 7.15. The molecule has 0 spiro atoms. The zero-order valence-electron chi connectivity index (χ0n) is 12.6. The summed E-state index contributed by atoms with van der Waals surface area (Å²) < 4.78 is 0.990. The molecule has 0 bridgehead atoms. The van der Waals surface area contributed by atoms with Crippen LogP contribution < -0.4 is 4.90 Å². The lowest BCUT2D eigenvalue weighted by atomic mass is 10.1. The minimum Gasteiger partial charge on any atom is -0.278 e. The van der Waals surface area contributed by atoms with Crippen LogP contribution in [0.1, 0.15) is 5.56 Å². The summed E-state index contributed by atoms with van der Waals surface area (Å²) in [6, 6.07) is 7.82. The second kappa shape index (κ2) is 6.58. The molecular weight excluding hydrogens is 422 g/mol. The quantitative estimate of drug-likeness (QED) is 0.603. The van der Waals surface area contributed by atoms with Crippen LogP contribution >= 0.6 is 39.0 Å². The third-order valence-corrected chi connectivity index (χ3v) is 5.70. The molecule has 3 aromatic rings. The minimum absolute atomic E-state index is 0.153. The van der Waals surface area contributed by atoms with E-state index in [9.17, 15) is 4.79 Å². The van der Waals surface area contributed by atoms with E-state index in [2.05, 4.69) is 31.1 Å². The smallest absolute Gasteiger partial charge is 0.273 e. The van der Waals surface area contributed by atoms with E-state index in [1.807, 2.05) is 24.3 Å². The van der Waals surface area contributed by atoms with E-state index in [1.165, 1.54) is 16.2 Å². The Hall–Kier alpha value is -2.23. The zero-order valence-corrected chi connectivity index (χ0v) is 15.8. The van der Waals surface area contributed by atoms with Gasteiger partial charge in [-0.1, -0.05) is 28.1 Å². The number of H-pyrrole nitrogens is 1. The number of rotatable bonds is 3. The Labute approximate surface area is 159 Å². The number of hydrogen-bond donors (Lipinski definition) is 2. The first-order chi connectivity index (χ1) is 12.1. The first kappa shape index (κ1) is 16.2. The average molecular weight is 432 g/mol. The number of aromatic amines is 1. The third-order valence-electron chi connectivity index (χ3n) is 3.52. The summed E-state index contributed by atoms with van der Waals surface area (Å²) in [4.78, 5) is 18.6. The van der Waals surface area contributed by atoms with Crippen LogP contribution in [0.2, 0.25) is 0 Å². The zero-order chi connectivity index (χ0) is 17.4. The van der Waals surface area contributed by atoms with Crippen molar-refractivity contribution in [3.8, 4) is 11.3 Å². The molecule has 1 aromatic carbocycles. The topological polar surface area (TPSA) is 85.7 Å². The summed E-state index contributed by atoms with van der Waals surface area (Å²) in [7, 11) is 0. The monoisotopic (exact) mass is 431 g/mol. The lowest BCUT2D eigenvalue weighted by Crippen LogP contribution is -2.27. The van der Waals surface area contributed by atoms with Gasteiger partial charge in [0, 0.05) is 27.2 Å². The number of aromatic nitrogens is 3. The van der Waals surface area contributed by atoms with Gasteiger partial charge in [-0.25, -0.2) is 9.88 Å². The first-order valence-corrected chi connectivity index (χ1v) is 9.64. The van der Waals surface area contributed by atoms with Gasteiger partial charge in [0.1, 0.15) is 0 Å². The van der Waals surface area contributed by atoms with Crippen LogP contribution in [0.3, 0.4) is 0 Å².